The number of carbonyl (C=O) groups is 2. The minimum absolute atomic E-state index is 0.0728. The minimum Gasteiger partial charge on any atom is -0.478 e. The van der Waals surface area contributed by atoms with Crippen LogP contribution >= 0.6 is 0 Å². The van der Waals surface area contributed by atoms with E-state index in [-0.39, 0.29) is 22.2 Å². The fourth-order valence-electron chi connectivity index (χ4n) is 3.25. The second kappa shape index (κ2) is 10.7. The highest BCUT2D eigenvalue weighted by molar-refractivity contribution is 7.90. The molecule has 4 aromatic carbocycles. The third kappa shape index (κ3) is 6.02. The van der Waals surface area contributed by atoms with E-state index in [1.54, 1.807) is 66.7 Å². The van der Waals surface area contributed by atoms with Gasteiger partial charge in [0.05, 0.1) is 10.5 Å². The van der Waals surface area contributed by atoms with Crippen LogP contribution in [-0.4, -0.2) is 31.2 Å². The van der Waals surface area contributed by atoms with E-state index in [2.05, 4.69) is 15.0 Å². The first-order chi connectivity index (χ1) is 17.3. The maximum Gasteiger partial charge on any atom is 0.335 e. The largest absolute Gasteiger partial charge is 0.478 e. The van der Waals surface area contributed by atoms with E-state index in [1.807, 2.05) is 6.07 Å². The van der Waals surface area contributed by atoms with Gasteiger partial charge in [0.25, 0.3) is 15.9 Å². The Morgan fingerprint density at radius 2 is 1.11 bits per heavy atom. The Labute approximate surface area is 208 Å². The lowest BCUT2D eigenvalue weighted by Crippen LogP contribution is -2.17. The summed E-state index contributed by atoms with van der Waals surface area (Å²) in [5.41, 5.74) is 2.04. The molecule has 0 heterocycles. The van der Waals surface area contributed by atoms with Crippen LogP contribution in [0.5, 0.6) is 0 Å². The van der Waals surface area contributed by atoms with Gasteiger partial charge in [-0.15, -0.1) is 4.40 Å². The lowest BCUT2D eigenvalue weighted by molar-refractivity contribution is 0.0696. The molecule has 8 nitrogen and oxygen atoms in total. The van der Waals surface area contributed by atoms with Crippen LogP contribution in [0.25, 0.3) is 0 Å². The second-order valence-corrected chi connectivity index (χ2v) is 9.24. The summed E-state index contributed by atoms with van der Waals surface area (Å²) in [7, 11) is -3.97. The van der Waals surface area contributed by atoms with Crippen molar-refractivity contribution in [2.24, 2.45) is 4.40 Å². The Hall–Kier alpha value is -4.76. The van der Waals surface area contributed by atoms with Gasteiger partial charge >= 0.3 is 5.97 Å². The zero-order chi connectivity index (χ0) is 25.5. The van der Waals surface area contributed by atoms with Gasteiger partial charge in [-0.2, -0.15) is 8.42 Å². The zero-order valence-electron chi connectivity index (χ0n) is 18.8. The smallest absolute Gasteiger partial charge is 0.335 e. The van der Waals surface area contributed by atoms with Crippen molar-refractivity contribution in [1.29, 1.82) is 0 Å². The number of carboxylic acids is 1. The molecule has 0 aliphatic heterocycles. The Morgan fingerprint density at radius 3 is 1.67 bits per heavy atom. The summed E-state index contributed by atoms with van der Waals surface area (Å²) >= 11 is 0. The Bertz CT molecular complexity index is 1500. The van der Waals surface area contributed by atoms with Crippen molar-refractivity contribution in [1.82, 2.24) is 0 Å². The van der Waals surface area contributed by atoms with Crippen molar-refractivity contribution in [3.8, 4) is 0 Å². The van der Waals surface area contributed by atoms with Gasteiger partial charge in [-0.05, 0) is 60.7 Å². The van der Waals surface area contributed by atoms with Crippen molar-refractivity contribution < 1.29 is 23.1 Å². The lowest BCUT2D eigenvalue weighted by atomic mass is 10.1. The number of anilines is 2. The number of amides is 1. The number of nitrogens with one attached hydrogen (secondary N) is 2. The van der Waals surface area contributed by atoms with Gasteiger partial charge in [-0.1, -0.05) is 48.5 Å². The minimum atomic E-state index is -3.97. The van der Waals surface area contributed by atoms with Crippen LogP contribution in [0.1, 0.15) is 26.3 Å². The van der Waals surface area contributed by atoms with Crippen LogP contribution in [0.15, 0.2) is 118 Å². The molecule has 4 aromatic rings. The molecule has 0 aromatic heterocycles. The summed E-state index contributed by atoms with van der Waals surface area (Å²) in [5, 5.41) is 14.7. The van der Waals surface area contributed by atoms with Crippen molar-refractivity contribution >= 4 is 39.1 Å². The van der Waals surface area contributed by atoms with Crippen LogP contribution in [0, 0.1) is 0 Å². The van der Waals surface area contributed by atoms with Gasteiger partial charge < -0.3 is 15.7 Å². The van der Waals surface area contributed by atoms with E-state index >= 15 is 0 Å². The zero-order valence-corrected chi connectivity index (χ0v) is 19.6. The summed E-state index contributed by atoms with van der Waals surface area (Å²) in [6, 6.07) is 29.0. The Balaban J connectivity index is 1.54. The quantitative estimate of drug-likeness (QED) is 0.246. The lowest BCUT2D eigenvalue weighted by Gasteiger charge is -2.12. The highest BCUT2D eigenvalue weighted by atomic mass is 32.2. The topological polar surface area (TPSA) is 125 Å². The highest BCUT2D eigenvalue weighted by Gasteiger charge is 2.16. The van der Waals surface area contributed by atoms with E-state index in [0.717, 1.165) is 0 Å². The van der Waals surface area contributed by atoms with Gasteiger partial charge in [0, 0.05) is 22.5 Å². The molecule has 1 amide bonds. The highest BCUT2D eigenvalue weighted by Crippen LogP contribution is 2.18. The molecule has 0 aliphatic carbocycles. The summed E-state index contributed by atoms with van der Waals surface area (Å²) in [4.78, 5) is 23.6. The van der Waals surface area contributed by atoms with Gasteiger partial charge in [0.15, 0.2) is 5.84 Å². The molecule has 180 valence electrons. The van der Waals surface area contributed by atoms with Crippen LogP contribution < -0.4 is 10.6 Å². The molecule has 0 saturated heterocycles. The fraction of sp³-hybridized carbons (Fsp3) is 0. The van der Waals surface area contributed by atoms with Crippen molar-refractivity contribution in [2.75, 3.05) is 10.6 Å². The molecule has 36 heavy (non-hydrogen) atoms. The molecule has 4 rings (SSSR count). The van der Waals surface area contributed by atoms with Crippen LogP contribution in [0.3, 0.4) is 0 Å². The van der Waals surface area contributed by atoms with E-state index in [0.29, 0.717) is 22.5 Å². The molecule has 0 bridgehead atoms. The van der Waals surface area contributed by atoms with Gasteiger partial charge in [-0.25, -0.2) is 4.79 Å². The Morgan fingerprint density at radius 1 is 0.611 bits per heavy atom. The number of benzene rings is 4. The predicted molar refractivity (Wildman–Crippen MR) is 138 cm³/mol. The molecule has 0 aliphatic rings. The predicted octanol–water partition coefficient (Wildman–Crippen LogP) is 4.88. The van der Waals surface area contributed by atoms with Crippen molar-refractivity contribution in [3.63, 3.8) is 0 Å². The second-order valence-electron chi connectivity index (χ2n) is 7.63. The monoisotopic (exact) mass is 499 g/mol. The number of hydrogen-bond donors (Lipinski definition) is 3. The van der Waals surface area contributed by atoms with Gasteiger partial charge in [0.1, 0.15) is 0 Å². The summed E-state index contributed by atoms with van der Waals surface area (Å²) in [6.45, 7) is 0. The maximum absolute atomic E-state index is 12.9. The van der Waals surface area contributed by atoms with Crippen LogP contribution in [-0.2, 0) is 10.0 Å². The molecule has 0 fully saturated rings. The van der Waals surface area contributed by atoms with Crippen molar-refractivity contribution in [2.45, 2.75) is 4.90 Å². The number of hydrogen-bond acceptors (Lipinski definition) is 4. The molecule has 9 heteroatoms. The molecule has 0 unspecified atom stereocenters. The molecule has 0 atom stereocenters. The summed E-state index contributed by atoms with van der Waals surface area (Å²) in [6.07, 6.45) is 0. The van der Waals surface area contributed by atoms with Crippen molar-refractivity contribution in [3.05, 3.63) is 126 Å². The number of carboxylic acid groups (broad SMARTS) is 1. The third-order valence-electron chi connectivity index (χ3n) is 5.10. The Kier molecular flexibility index (Phi) is 7.22. The first-order valence-corrected chi connectivity index (χ1v) is 12.2. The normalized spacial score (nSPS) is 11.5. The fourth-order valence-corrected chi connectivity index (χ4v) is 4.25. The molecule has 0 saturated carbocycles. The first-order valence-electron chi connectivity index (χ1n) is 10.8. The third-order valence-corrected chi connectivity index (χ3v) is 6.39. The number of rotatable bonds is 7. The number of nitrogens with zero attached hydrogens (tertiary/aromatic N) is 1. The van der Waals surface area contributed by atoms with Gasteiger partial charge in [-0.3, -0.25) is 4.79 Å². The maximum atomic E-state index is 12.9. The average molecular weight is 500 g/mol. The first kappa shape index (κ1) is 24.4. The molecule has 3 N–H and O–H groups in total. The number of amidine groups is 1. The summed E-state index contributed by atoms with van der Waals surface area (Å²) < 4.78 is 29.8. The van der Waals surface area contributed by atoms with E-state index < -0.39 is 16.0 Å². The summed E-state index contributed by atoms with van der Waals surface area (Å²) in [5.74, 6) is -1.30. The van der Waals surface area contributed by atoms with E-state index in [9.17, 15) is 18.0 Å². The molecular weight excluding hydrogens is 478 g/mol. The standard InChI is InChI=1S/C27H21N3O5S/c31-26(29-23-17-13-21(14-18-23)27(32)33)20-11-15-22(16-12-20)28-25(19-7-3-1-4-8-19)30-36(34,35)24-9-5-2-6-10-24/h1-18H,(H,28,30)(H,29,31)(H,32,33). The molecule has 0 spiro atoms. The SMILES string of the molecule is O=C(O)c1ccc(NC(=O)c2ccc(N/C(=N\S(=O)(=O)c3ccccc3)c3ccccc3)cc2)cc1. The molecular formula is C27H21N3O5S. The van der Waals surface area contributed by atoms with E-state index in [1.165, 1.54) is 36.4 Å². The number of sulfonamides is 1. The van der Waals surface area contributed by atoms with E-state index in [4.69, 9.17) is 5.11 Å². The number of carbonyl (C=O) groups excluding carboxylic acids is 1. The average Bonchev–Trinajstić information content (AvgIpc) is 2.90. The van der Waals surface area contributed by atoms with Gasteiger partial charge in [0.2, 0.25) is 0 Å². The van der Waals surface area contributed by atoms with Crippen LogP contribution in [0.4, 0.5) is 11.4 Å². The molecule has 0 radical (unpaired) electrons. The number of aromatic carboxylic acids is 1. The van der Waals surface area contributed by atoms with Crippen LogP contribution in [0.2, 0.25) is 0 Å².